The van der Waals surface area contributed by atoms with Crippen LogP contribution in [-0.2, 0) is 0 Å². The van der Waals surface area contributed by atoms with Crippen LogP contribution in [-0.4, -0.2) is 17.6 Å². The summed E-state index contributed by atoms with van der Waals surface area (Å²) in [5, 5.41) is 9.25. The molecule has 0 aliphatic heterocycles. The van der Waals surface area contributed by atoms with Crippen LogP contribution in [0.15, 0.2) is 6.07 Å². The monoisotopic (exact) mass is 259 g/mol. The van der Waals surface area contributed by atoms with Gasteiger partial charge in [-0.3, -0.25) is 0 Å². The second kappa shape index (κ2) is 6.03. The molecule has 1 aromatic rings. The van der Waals surface area contributed by atoms with E-state index in [0.29, 0.717) is 23.9 Å². The molecule has 2 N–H and O–H groups in total. The number of hydrogen-bond donors (Lipinski definition) is 1. The van der Waals surface area contributed by atoms with Crippen LogP contribution in [0.3, 0.4) is 0 Å². The maximum atomic E-state index is 9.25. The van der Waals surface area contributed by atoms with Gasteiger partial charge < -0.3 is 10.5 Å². The van der Waals surface area contributed by atoms with Crippen LogP contribution >= 0.6 is 0 Å². The Kier molecular flexibility index (Phi) is 4.39. The van der Waals surface area contributed by atoms with Crippen molar-refractivity contribution in [3.8, 4) is 11.9 Å². The van der Waals surface area contributed by atoms with Gasteiger partial charge in [0.2, 0.25) is 5.88 Å². The lowest BCUT2D eigenvalue weighted by molar-refractivity contribution is 0.0917. The highest BCUT2D eigenvalue weighted by atomic mass is 16.5. The van der Waals surface area contributed by atoms with Gasteiger partial charge in [-0.1, -0.05) is 6.42 Å². The Balaban J connectivity index is 2.25. The minimum atomic E-state index is 0.0968. The van der Waals surface area contributed by atoms with Crippen LogP contribution in [0.4, 0.5) is 0 Å². The SMILES string of the molecule is Cc1cc(C)c(C#N)c(OC2CCCCC2CN)n1. The van der Waals surface area contributed by atoms with Crippen molar-refractivity contribution in [2.24, 2.45) is 11.7 Å². The number of nitriles is 1. The number of aromatic nitrogens is 1. The predicted octanol–water partition coefficient (Wildman–Crippen LogP) is 2.47. The summed E-state index contributed by atoms with van der Waals surface area (Å²) in [7, 11) is 0. The van der Waals surface area contributed by atoms with Crippen molar-refractivity contribution < 1.29 is 4.74 Å². The fourth-order valence-corrected chi connectivity index (χ4v) is 2.77. The Morgan fingerprint density at radius 1 is 1.42 bits per heavy atom. The molecule has 1 aliphatic carbocycles. The third kappa shape index (κ3) is 3.05. The number of ether oxygens (including phenoxy) is 1. The average Bonchev–Trinajstić information content (AvgIpc) is 2.39. The van der Waals surface area contributed by atoms with E-state index in [1.54, 1.807) is 0 Å². The Bertz CT molecular complexity index is 493. The molecule has 0 bridgehead atoms. The third-order valence-corrected chi connectivity index (χ3v) is 3.83. The summed E-state index contributed by atoms with van der Waals surface area (Å²) >= 11 is 0. The number of aryl methyl sites for hydroxylation is 2. The Morgan fingerprint density at radius 3 is 2.84 bits per heavy atom. The largest absolute Gasteiger partial charge is 0.473 e. The molecular formula is C15H21N3O. The van der Waals surface area contributed by atoms with Crippen molar-refractivity contribution in [3.63, 3.8) is 0 Å². The van der Waals surface area contributed by atoms with Crippen molar-refractivity contribution in [2.45, 2.75) is 45.6 Å². The lowest BCUT2D eigenvalue weighted by atomic mass is 9.86. The van der Waals surface area contributed by atoms with Crippen LogP contribution in [0.2, 0.25) is 0 Å². The van der Waals surface area contributed by atoms with E-state index in [2.05, 4.69) is 11.1 Å². The third-order valence-electron chi connectivity index (χ3n) is 3.83. The molecule has 0 spiro atoms. The first kappa shape index (κ1) is 13.8. The summed E-state index contributed by atoms with van der Waals surface area (Å²) in [4.78, 5) is 4.38. The van der Waals surface area contributed by atoms with E-state index in [1.165, 1.54) is 6.42 Å². The van der Waals surface area contributed by atoms with Crippen molar-refractivity contribution in [1.82, 2.24) is 4.98 Å². The summed E-state index contributed by atoms with van der Waals surface area (Å²) < 4.78 is 6.03. The van der Waals surface area contributed by atoms with Gasteiger partial charge in [-0.2, -0.15) is 5.26 Å². The molecule has 4 nitrogen and oxygen atoms in total. The molecular weight excluding hydrogens is 238 g/mol. The predicted molar refractivity (Wildman–Crippen MR) is 73.9 cm³/mol. The first-order valence-corrected chi connectivity index (χ1v) is 6.90. The molecule has 0 amide bonds. The van der Waals surface area contributed by atoms with Crippen LogP contribution < -0.4 is 10.5 Å². The molecule has 1 aliphatic rings. The van der Waals surface area contributed by atoms with E-state index in [1.807, 2.05) is 19.9 Å². The van der Waals surface area contributed by atoms with Gasteiger partial charge in [-0.15, -0.1) is 0 Å². The summed E-state index contributed by atoms with van der Waals surface area (Å²) in [6.07, 6.45) is 4.58. The van der Waals surface area contributed by atoms with Gasteiger partial charge in [0.1, 0.15) is 17.7 Å². The first-order valence-electron chi connectivity index (χ1n) is 6.90. The number of hydrogen-bond acceptors (Lipinski definition) is 4. The number of pyridine rings is 1. The van der Waals surface area contributed by atoms with Crippen LogP contribution in [0.5, 0.6) is 5.88 Å². The molecule has 0 saturated heterocycles. The smallest absolute Gasteiger partial charge is 0.232 e. The fraction of sp³-hybridized carbons (Fsp3) is 0.600. The van der Waals surface area contributed by atoms with E-state index in [9.17, 15) is 5.26 Å². The van der Waals surface area contributed by atoms with Crippen LogP contribution in [0.25, 0.3) is 0 Å². The van der Waals surface area contributed by atoms with Gasteiger partial charge >= 0.3 is 0 Å². The van der Waals surface area contributed by atoms with Crippen LogP contribution in [0.1, 0.15) is 42.5 Å². The summed E-state index contributed by atoms with van der Waals surface area (Å²) in [6, 6.07) is 4.10. The molecule has 1 saturated carbocycles. The van der Waals surface area contributed by atoms with E-state index in [0.717, 1.165) is 30.5 Å². The normalized spacial score (nSPS) is 22.8. The maximum absolute atomic E-state index is 9.25. The van der Waals surface area contributed by atoms with Crippen LogP contribution in [0, 0.1) is 31.1 Å². The summed E-state index contributed by atoms with van der Waals surface area (Å²) in [6.45, 7) is 4.47. The van der Waals surface area contributed by atoms with Gasteiger partial charge in [0.15, 0.2) is 0 Å². The molecule has 1 heterocycles. The maximum Gasteiger partial charge on any atom is 0.232 e. The van der Waals surface area contributed by atoms with E-state index in [-0.39, 0.29) is 6.10 Å². The van der Waals surface area contributed by atoms with E-state index < -0.39 is 0 Å². The lowest BCUT2D eigenvalue weighted by Gasteiger charge is -2.31. The molecule has 19 heavy (non-hydrogen) atoms. The molecule has 102 valence electrons. The van der Waals surface area contributed by atoms with Gasteiger partial charge in [0.25, 0.3) is 0 Å². The van der Waals surface area contributed by atoms with Crippen molar-refractivity contribution in [1.29, 1.82) is 5.26 Å². The van der Waals surface area contributed by atoms with Crippen molar-refractivity contribution in [2.75, 3.05) is 6.54 Å². The summed E-state index contributed by atoms with van der Waals surface area (Å²) in [5.74, 6) is 0.855. The molecule has 0 aromatic carbocycles. The second-order valence-corrected chi connectivity index (χ2v) is 5.31. The molecule has 2 atom stereocenters. The number of nitrogens with zero attached hydrogens (tertiary/aromatic N) is 2. The van der Waals surface area contributed by atoms with E-state index in [4.69, 9.17) is 10.5 Å². The number of nitrogens with two attached hydrogens (primary N) is 1. The number of rotatable bonds is 3. The molecule has 2 rings (SSSR count). The highest BCUT2D eigenvalue weighted by Crippen LogP contribution is 2.29. The Labute approximate surface area is 114 Å². The zero-order valence-electron chi connectivity index (χ0n) is 11.6. The highest BCUT2D eigenvalue weighted by Gasteiger charge is 2.27. The minimum absolute atomic E-state index is 0.0968. The lowest BCUT2D eigenvalue weighted by Crippen LogP contribution is -2.35. The topological polar surface area (TPSA) is 71.9 Å². The first-order chi connectivity index (χ1) is 9.15. The molecule has 2 unspecified atom stereocenters. The zero-order chi connectivity index (χ0) is 13.8. The molecule has 0 radical (unpaired) electrons. The van der Waals surface area contributed by atoms with Gasteiger partial charge in [0.05, 0.1) is 0 Å². The minimum Gasteiger partial charge on any atom is -0.473 e. The highest BCUT2D eigenvalue weighted by molar-refractivity contribution is 5.45. The standard InChI is InChI=1S/C15H21N3O/c1-10-7-11(2)18-15(13(10)9-17)19-14-6-4-3-5-12(14)8-16/h7,12,14H,3-6,8,16H2,1-2H3. The van der Waals surface area contributed by atoms with Crippen molar-refractivity contribution >= 4 is 0 Å². The van der Waals surface area contributed by atoms with E-state index >= 15 is 0 Å². The Hall–Kier alpha value is -1.60. The summed E-state index contributed by atoms with van der Waals surface area (Å²) in [5.41, 5.74) is 8.16. The Morgan fingerprint density at radius 2 is 2.16 bits per heavy atom. The molecule has 4 heteroatoms. The van der Waals surface area contributed by atoms with Gasteiger partial charge in [-0.05, 0) is 51.3 Å². The zero-order valence-corrected chi connectivity index (χ0v) is 11.6. The second-order valence-electron chi connectivity index (χ2n) is 5.31. The fourth-order valence-electron chi connectivity index (χ4n) is 2.77. The average molecular weight is 259 g/mol. The van der Waals surface area contributed by atoms with Gasteiger partial charge in [0, 0.05) is 11.6 Å². The van der Waals surface area contributed by atoms with Crippen molar-refractivity contribution in [3.05, 3.63) is 22.9 Å². The quantitative estimate of drug-likeness (QED) is 0.905. The molecule has 1 fully saturated rings. The van der Waals surface area contributed by atoms with Gasteiger partial charge in [-0.25, -0.2) is 4.98 Å². The molecule has 1 aromatic heterocycles.